The first kappa shape index (κ1) is 17.2. The molecule has 26 heavy (non-hydrogen) atoms. The molecule has 0 fully saturated rings. The van der Waals surface area contributed by atoms with Crippen LogP contribution >= 0.6 is 0 Å². The molecule has 0 unspecified atom stereocenters. The Labute approximate surface area is 150 Å². The maximum atomic E-state index is 9.13. The van der Waals surface area contributed by atoms with E-state index in [9.17, 15) is 0 Å². The van der Waals surface area contributed by atoms with Crippen molar-refractivity contribution in [1.29, 1.82) is 5.26 Å². The maximum absolute atomic E-state index is 9.13. The minimum absolute atomic E-state index is 0.239. The Morgan fingerprint density at radius 3 is 2.81 bits per heavy atom. The normalized spacial score (nSPS) is 11.2. The molecule has 9 nitrogen and oxygen atoms in total. The van der Waals surface area contributed by atoms with Crippen molar-refractivity contribution >= 4 is 11.3 Å². The zero-order valence-electron chi connectivity index (χ0n) is 14.5. The summed E-state index contributed by atoms with van der Waals surface area (Å²) in [5, 5.41) is 29.9. The molecule has 2 N–H and O–H groups in total. The third kappa shape index (κ3) is 4.05. The molecule has 0 spiro atoms. The highest BCUT2D eigenvalue weighted by Gasteiger charge is 2.06. The van der Waals surface area contributed by atoms with Gasteiger partial charge in [-0.3, -0.25) is 4.68 Å². The first-order valence-electron chi connectivity index (χ1n) is 8.06. The number of anilines is 1. The molecule has 0 saturated heterocycles. The Morgan fingerprint density at radius 1 is 1.38 bits per heavy atom. The van der Waals surface area contributed by atoms with E-state index in [1.165, 1.54) is 6.20 Å². The van der Waals surface area contributed by atoms with Crippen LogP contribution in [-0.4, -0.2) is 30.4 Å². The largest absolute Gasteiger partial charge is 0.489 e. The van der Waals surface area contributed by atoms with Crippen LogP contribution in [-0.2, 0) is 13.2 Å². The van der Waals surface area contributed by atoms with Crippen LogP contribution in [0.25, 0.3) is 5.57 Å². The van der Waals surface area contributed by atoms with E-state index in [0.29, 0.717) is 6.61 Å². The molecule has 1 aromatic carbocycles. The molecule has 3 aromatic rings. The van der Waals surface area contributed by atoms with Gasteiger partial charge in [0.2, 0.25) is 5.82 Å². The molecule has 132 valence electrons. The van der Waals surface area contributed by atoms with Gasteiger partial charge in [-0.05, 0) is 43.3 Å². The number of nitrogens with one attached hydrogen (secondary N) is 2. The third-order valence-corrected chi connectivity index (χ3v) is 3.71. The van der Waals surface area contributed by atoms with Gasteiger partial charge < -0.3 is 10.1 Å². The smallest absolute Gasteiger partial charge is 0.216 e. The second-order valence-electron chi connectivity index (χ2n) is 5.46. The molecule has 0 atom stereocenters. The van der Waals surface area contributed by atoms with Crippen LogP contribution in [0.15, 0.2) is 36.7 Å². The van der Waals surface area contributed by atoms with Gasteiger partial charge >= 0.3 is 0 Å². The van der Waals surface area contributed by atoms with Gasteiger partial charge in [0.1, 0.15) is 24.0 Å². The lowest BCUT2D eigenvalue weighted by Crippen LogP contribution is -1.97. The van der Waals surface area contributed by atoms with Gasteiger partial charge in [-0.2, -0.15) is 15.6 Å². The number of benzene rings is 1. The first-order chi connectivity index (χ1) is 12.7. The number of tetrazole rings is 1. The number of hydrogen-bond acceptors (Lipinski definition) is 7. The maximum Gasteiger partial charge on any atom is 0.216 e. The van der Waals surface area contributed by atoms with Gasteiger partial charge in [-0.1, -0.05) is 0 Å². The Bertz CT molecular complexity index is 919. The number of hydrogen-bond donors (Lipinski definition) is 2. The van der Waals surface area contributed by atoms with Gasteiger partial charge in [0.05, 0.1) is 5.69 Å². The zero-order chi connectivity index (χ0) is 18.4. The van der Waals surface area contributed by atoms with Crippen molar-refractivity contribution in [2.24, 2.45) is 0 Å². The van der Waals surface area contributed by atoms with Crippen molar-refractivity contribution < 1.29 is 4.74 Å². The molecule has 0 amide bonds. The SMILES string of the molecule is CCn1cc(COc2ccc(NC=C(C#N)c3nn[nH]n3)cc2)c(C)n1. The zero-order valence-corrected chi connectivity index (χ0v) is 14.5. The van der Waals surface area contributed by atoms with Crippen LogP contribution in [0, 0.1) is 18.3 Å². The van der Waals surface area contributed by atoms with E-state index in [4.69, 9.17) is 10.00 Å². The number of aromatic nitrogens is 6. The van der Waals surface area contributed by atoms with Crippen molar-refractivity contribution in [1.82, 2.24) is 30.4 Å². The standard InChI is InChI=1S/C17H18N8O/c1-3-25-10-14(12(2)22-25)11-26-16-6-4-15(5-7-16)19-9-13(8-18)17-20-23-24-21-17/h4-7,9-10,19H,3,11H2,1-2H3,(H,20,21,23,24). The van der Waals surface area contributed by atoms with E-state index in [1.54, 1.807) is 0 Å². The number of nitriles is 1. The number of aryl methyl sites for hydroxylation is 2. The van der Waals surface area contributed by atoms with E-state index in [0.717, 1.165) is 29.2 Å². The molecule has 0 aliphatic carbocycles. The van der Waals surface area contributed by atoms with Crippen LogP contribution in [0.3, 0.4) is 0 Å². The molecule has 0 aliphatic rings. The van der Waals surface area contributed by atoms with Crippen LogP contribution in [0.4, 0.5) is 5.69 Å². The number of nitrogens with zero attached hydrogens (tertiary/aromatic N) is 6. The number of H-pyrrole nitrogens is 1. The summed E-state index contributed by atoms with van der Waals surface area (Å²) in [6.45, 7) is 5.33. The quantitative estimate of drug-likeness (QED) is 0.628. The molecule has 0 aliphatic heterocycles. The molecule has 0 radical (unpaired) electrons. The number of aromatic amines is 1. The van der Waals surface area contributed by atoms with Crippen molar-refractivity contribution in [3.05, 3.63) is 53.7 Å². The van der Waals surface area contributed by atoms with Gasteiger partial charge in [-0.15, -0.1) is 10.2 Å². The van der Waals surface area contributed by atoms with Gasteiger partial charge in [0, 0.05) is 30.2 Å². The summed E-state index contributed by atoms with van der Waals surface area (Å²) in [5.41, 5.74) is 3.13. The van der Waals surface area contributed by atoms with Crippen molar-refractivity contribution in [3.8, 4) is 11.8 Å². The highest BCUT2D eigenvalue weighted by atomic mass is 16.5. The molecule has 2 aromatic heterocycles. The molecule has 2 heterocycles. The Morgan fingerprint density at radius 2 is 2.19 bits per heavy atom. The lowest BCUT2D eigenvalue weighted by molar-refractivity contribution is 0.305. The molecule has 9 heteroatoms. The summed E-state index contributed by atoms with van der Waals surface area (Å²) in [5.74, 6) is 0.991. The van der Waals surface area contributed by atoms with Crippen LogP contribution < -0.4 is 10.1 Å². The third-order valence-electron chi connectivity index (χ3n) is 3.71. The fourth-order valence-corrected chi connectivity index (χ4v) is 2.25. The molecule has 0 saturated carbocycles. The highest BCUT2D eigenvalue weighted by Crippen LogP contribution is 2.18. The summed E-state index contributed by atoms with van der Waals surface area (Å²) in [4.78, 5) is 0. The average Bonchev–Trinajstić information content (AvgIpc) is 3.31. The predicted molar refractivity (Wildman–Crippen MR) is 94.8 cm³/mol. The summed E-state index contributed by atoms with van der Waals surface area (Å²) >= 11 is 0. The monoisotopic (exact) mass is 350 g/mol. The minimum Gasteiger partial charge on any atom is -0.489 e. The van der Waals surface area contributed by atoms with Crippen LogP contribution in [0.5, 0.6) is 5.75 Å². The lowest BCUT2D eigenvalue weighted by atomic mass is 10.2. The number of allylic oxidation sites excluding steroid dienone is 1. The van der Waals surface area contributed by atoms with E-state index in [-0.39, 0.29) is 11.4 Å². The van der Waals surface area contributed by atoms with Crippen molar-refractivity contribution in [3.63, 3.8) is 0 Å². The van der Waals surface area contributed by atoms with Crippen LogP contribution in [0.2, 0.25) is 0 Å². The average molecular weight is 350 g/mol. The lowest BCUT2D eigenvalue weighted by Gasteiger charge is -2.07. The predicted octanol–water partition coefficient (Wildman–Crippen LogP) is 2.28. The van der Waals surface area contributed by atoms with E-state index in [2.05, 4.69) is 31.0 Å². The Hall–Kier alpha value is -3.67. The number of rotatable bonds is 7. The van der Waals surface area contributed by atoms with Crippen LogP contribution in [0.1, 0.15) is 24.0 Å². The first-order valence-corrected chi connectivity index (χ1v) is 8.06. The summed E-state index contributed by atoms with van der Waals surface area (Å²) < 4.78 is 7.70. The van der Waals surface area contributed by atoms with E-state index in [1.807, 2.05) is 55.1 Å². The fraction of sp³-hybridized carbons (Fsp3) is 0.235. The Kier molecular flexibility index (Phi) is 5.24. The van der Waals surface area contributed by atoms with Gasteiger partial charge in [0.15, 0.2) is 0 Å². The second-order valence-corrected chi connectivity index (χ2v) is 5.46. The molecular formula is C17H18N8O. The molecule has 3 rings (SSSR count). The van der Waals surface area contributed by atoms with Gasteiger partial charge in [0.25, 0.3) is 0 Å². The molecular weight excluding hydrogens is 332 g/mol. The fourth-order valence-electron chi connectivity index (χ4n) is 2.25. The highest BCUT2D eigenvalue weighted by molar-refractivity contribution is 5.74. The second kappa shape index (κ2) is 7.94. The van der Waals surface area contributed by atoms with E-state index < -0.39 is 0 Å². The Balaban J connectivity index is 1.60. The van der Waals surface area contributed by atoms with Crippen molar-refractivity contribution in [2.75, 3.05) is 5.32 Å². The number of ether oxygens (including phenoxy) is 1. The molecule has 0 bridgehead atoms. The van der Waals surface area contributed by atoms with E-state index >= 15 is 0 Å². The summed E-state index contributed by atoms with van der Waals surface area (Å²) in [7, 11) is 0. The summed E-state index contributed by atoms with van der Waals surface area (Å²) in [6.07, 6.45) is 3.53. The van der Waals surface area contributed by atoms with Crippen molar-refractivity contribution in [2.45, 2.75) is 27.0 Å². The van der Waals surface area contributed by atoms with Gasteiger partial charge in [-0.25, -0.2) is 0 Å². The minimum atomic E-state index is 0.239. The topological polar surface area (TPSA) is 117 Å². The summed E-state index contributed by atoms with van der Waals surface area (Å²) in [6, 6.07) is 9.45.